The van der Waals surface area contributed by atoms with Crippen LogP contribution in [0.5, 0.6) is 23.0 Å². The number of nitriles is 1. The van der Waals surface area contributed by atoms with Gasteiger partial charge in [0.1, 0.15) is 40.4 Å². The smallest absolute Gasteiger partial charge is 0.238 e. The van der Waals surface area contributed by atoms with Gasteiger partial charge in [0.15, 0.2) is 0 Å². The van der Waals surface area contributed by atoms with E-state index in [4.69, 9.17) is 23.4 Å². The molecule has 200 valence electrons. The normalized spacial score (nSPS) is 11.2. The minimum absolute atomic E-state index is 0.0328. The van der Waals surface area contributed by atoms with Crippen molar-refractivity contribution in [1.29, 1.82) is 5.26 Å². The van der Waals surface area contributed by atoms with Crippen LogP contribution in [-0.2, 0) is 0 Å². The average molecular weight is 525 g/mol. The van der Waals surface area contributed by atoms with E-state index in [-0.39, 0.29) is 18.1 Å². The minimum atomic E-state index is -0.0481. The quantitative estimate of drug-likeness (QED) is 0.197. The van der Waals surface area contributed by atoms with Crippen LogP contribution in [0.3, 0.4) is 0 Å². The molecule has 7 nitrogen and oxygen atoms in total. The van der Waals surface area contributed by atoms with E-state index in [1.165, 1.54) is 0 Å². The summed E-state index contributed by atoms with van der Waals surface area (Å²) in [5, 5.41) is 10.2. The zero-order valence-electron chi connectivity index (χ0n) is 23.0. The van der Waals surface area contributed by atoms with Gasteiger partial charge in [0.2, 0.25) is 5.88 Å². The molecule has 0 spiro atoms. The zero-order chi connectivity index (χ0) is 27.9. The summed E-state index contributed by atoms with van der Waals surface area (Å²) in [6, 6.07) is 22.9. The summed E-state index contributed by atoms with van der Waals surface area (Å²) >= 11 is 0. The van der Waals surface area contributed by atoms with E-state index >= 15 is 0 Å². The Morgan fingerprint density at radius 1 is 0.769 bits per heavy atom. The number of hydrogen-bond donors (Lipinski definition) is 0. The Bertz CT molecular complexity index is 1480. The van der Waals surface area contributed by atoms with Crippen LogP contribution in [0.25, 0.3) is 22.5 Å². The van der Waals surface area contributed by atoms with Crippen LogP contribution in [0.4, 0.5) is 5.88 Å². The molecule has 0 atom stereocenters. The largest absolute Gasteiger partial charge is 0.497 e. The number of aliphatic imine (C=N–C) groups is 1. The number of nitrogens with zero attached hydrogens (tertiary/aromatic N) is 2. The third-order valence-corrected chi connectivity index (χ3v) is 5.77. The zero-order valence-corrected chi connectivity index (χ0v) is 23.0. The first kappa shape index (κ1) is 27.3. The van der Waals surface area contributed by atoms with Gasteiger partial charge in [0, 0.05) is 29.0 Å². The minimum Gasteiger partial charge on any atom is -0.497 e. The van der Waals surface area contributed by atoms with E-state index in [0.717, 1.165) is 22.4 Å². The summed E-state index contributed by atoms with van der Waals surface area (Å²) in [5.74, 6) is 3.50. The predicted octanol–water partition coefficient (Wildman–Crippen LogP) is 7.83. The average Bonchev–Trinajstić information content (AvgIpc) is 3.30. The summed E-state index contributed by atoms with van der Waals surface area (Å²) in [5.41, 5.74) is 3.31. The van der Waals surface area contributed by atoms with Gasteiger partial charge in [-0.1, -0.05) is 12.1 Å². The molecular weight excluding hydrogens is 492 g/mol. The van der Waals surface area contributed by atoms with Crippen molar-refractivity contribution >= 4 is 12.1 Å². The van der Waals surface area contributed by atoms with Crippen molar-refractivity contribution in [2.24, 2.45) is 4.99 Å². The Kier molecular flexibility index (Phi) is 8.57. The van der Waals surface area contributed by atoms with E-state index < -0.39 is 0 Å². The Morgan fingerprint density at radius 3 is 1.87 bits per heavy atom. The lowest BCUT2D eigenvalue weighted by atomic mass is 9.98. The molecular formula is C32H32N2O5. The number of benzene rings is 3. The molecule has 0 aliphatic rings. The molecule has 0 saturated heterocycles. The number of rotatable bonds is 10. The molecule has 0 aliphatic carbocycles. The molecule has 0 amide bonds. The molecule has 1 aromatic heterocycles. The van der Waals surface area contributed by atoms with Crippen LogP contribution in [0.1, 0.15) is 38.8 Å². The van der Waals surface area contributed by atoms with Gasteiger partial charge in [0.25, 0.3) is 0 Å². The molecule has 0 radical (unpaired) electrons. The maximum atomic E-state index is 10.2. The topological polar surface area (TPSA) is 86.2 Å². The molecule has 0 bridgehead atoms. The molecule has 0 fully saturated rings. The van der Waals surface area contributed by atoms with Crippen LogP contribution in [0.2, 0.25) is 0 Å². The first-order valence-corrected chi connectivity index (χ1v) is 12.7. The van der Waals surface area contributed by atoms with Crippen molar-refractivity contribution in [3.63, 3.8) is 0 Å². The molecule has 7 heteroatoms. The second kappa shape index (κ2) is 12.2. The fourth-order valence-electron chi connectivity index (χ4n) is 4.04. The van der Waals surface area contributed by atoms with Crippen molar-refractivity contribution in [1.82, 2.24) is 0 Å². The highest BCUT2D eigenvalue weighted by atomic mass is 16.5. The van der Waals surface area contributed by atoms with Gasteiger partial charge in [-0.25, -0.2) is 4.99 Å². The summed E-state index contributed by atoms with van der Waals surface area (Å²) in [7, 11) is 3.23. The van der Waals surface area contributed by atoms with Gasteiger partial charge in [-0.2, -0.15) is 5.26 Å². The number of ether oxygens (including phenoxy) is 4. The van der Waals surface area contributed by atoms with E-state index in [1.54, 1.807) is 20.4 Å². The fourth-order valence-corrected chi connectivity index (χ4v) is 4.04. The van der Waals surface area contributed by atoms with Gasteiger partial charge < -0.3 is 23.4 Å². The van der Waals surface area contributed by atoms with Gasteiger partial charge >= 0.3 is 0 Å². The molecule has 0 unspecified atom stereocenters. The maximum Gasteiger partial charge on any atom is 0.238 e. The van der Waals surface area contributed by atoms with Crippen molar-refractivity contribution in [2.75, 3.05) is 14.2 Å². The van der Waals surface area contributed by atoms with Crippen molar-refractivity contribution in [3.05, 3.63) is 77.9 Å². The lowest BCUT2D eigenvalue weighted by molar-refractivity contribution is 0.229. The molecule has 3 aromatic carbocycles. The van der Waals surface area contributed by atoms with Crippen LogP contribution in [0, 0.1) is 11.3 Å². The van der Waals surface area contributed by atoms with Crippen LogP contribution < -0.4 is 18.9 Å². The summed E-state index contributed by atoms with van der Waals surface area (Å²) < 4.78 is 28.8. The summed E-state index contributed by atoms with van der Waals surface area (Å²) in [6.07, 6.45) is 1.63. The Hall–Kier alpha value is -4.70. The highest BCUT2D eigenvalue weighted by Gasteiger charge is 2.23. The van der Waals surface area contributed by atoms with Crippen molar-refractivity contribution < 1.29 is 23.4 Å². The molecule has 0 aliphatic heterocycles. The SMILES string of the molecule is COc1ccc(-c2oc(N=Cc3ccc(OC(C)C)cc3OC(C)C)c(C#N)c2-c2ccc(OC)cc2)cc1. The third kappa shape index (κ3) is 6.42. The summed E-state index contributed by atoms with van der Waals surface area (Å²) in [6.45, 7) is 7.86. The lowest BCUT2D eigenvalue weighted by Crippen LogP contribution is -2.09. The van der Waals surface area contributed by atoms with E-state index in [0.29, 0.717) is 34.1 Å². The monoisotopic (exact) mass is 524 g/mol. The molecule has 4 aromatic rings. The number of methoxy groups -OCH3 is 2. The molecule has 0 saturated carbocycles. The Morgan fingerprint density at radius 2 is 1.33 bits per heavy atom. The third-order valence-electron chi connectivity index (χ3n) is 5.77. The van der Waals surface area contributed by atoms with Gasteiger partial charge in [-0.3, -0.25) is 0 Å². The van der Waals surface area contributed by atoms with Crippen molar-refractivity contribution in [3.8, 4) is 51.5 Å². The maximum absolute atomic E-state index is 10.2. The predicted molar refractivity (Wildman–Crippen MR) is 153 cm³/mol. The number of hydrogen-bond acceptors (Lipinski definition) is 7. The van der Waals surface area contributed by atoms with Crippen LogP contribution in [-0.4, -0.2) is 32.6 Å². The van der Waals surface area contributed by atoms with Gasteiger partial charge in [-0.05, 0) is 81.8 Å². The van der Waals surface area contributed by atoms with Gasteiger partial charge in [0.05, 0.1) is 26.4 Å². The Balaban J connectivity index is 1.83. The van der Waals surface area contributed by atoms with E-state index in [9.17, 15) is 5.26 Å². The standard InChI is InChI=1S/C32H32N2O5/c1-20(2)37-27-16-11-24(29(17-27)38-21(3)4)19-34-32-28(18-33)30(22-7-12-25(35-5)13-8-22)31(39-32)23-9-14-26(36-6)15-10-23/h7-17,19-21H,1-6H3. The molecule has 1 heterocycles. The molecule has 0 N–H and O–H groups in total. The molecule has 4 rings (SSSR count). The van der Waals surface area contributed by atoms with Crippen LogP contribution >= 0.6 is 0 Å². The first-order valence-electron chi connectivity index (χ1n) is 12.7. The van der Waals surface area contributed by atoms with Crippen LogP contribution in [0.15, 0.2) is 76.1 Å². The lowest BCUT2D eigenvalue weighted by Gasteiger charge is -2.15. The van der Waals surface area contributed by atoms with Crippen molar-refractivity contribution in [2.45, 2.75) is 39.9 Å². The highest BCUT2D eigenvalue weighted by Crippen LogP contribution is 2.43. The second-order valence-electron chi connectivity index (χ2n) is 9.35. The second-order valence-corrected chi connectivity index (χ2v) is 9.35. The number of furan rings is 1. The van der Waals surface area contributed by atoms with Gasteiger partial charge in [-0.15, -0.1) is 0 Å². The first-order chi connectivity index (χ1) is 18.8. The highest BCUT2D eigenvalue weighted by molar-refractivity contribution is 5.91. The van der Waals surface area contributed by atoms with E-state index in [2.05, 4.69) is 11.1 Å². The fraction of sp³-hybridized carbons (Fsp3) is 0.250. The van der Waals surface area contributed by atoms with E-state index in [1.807, 2.05) is 94.4 Å². The Labute approximate surface area is 229 Å². The molecule has 39 heavy (non-hydrogen) atoms. The summed E-state index contributed by atoms with van der Waals surface area (Å²) in [4.78, 5) is 4.62.